The van der Waals surface area contributed by atoms with Crippen LogP contribution in [0.4, 0.5) is 0 Å². The summed E-state index contributed by atoms with van der Waals surface area (Å²) in [6.07, 6.45) is 2.00. The topological polar surface area (TPSA) is 46.3 Å². The number of hydrogen-bond donors (Lipinski definition) is 1. The molecule has 1 aliphatic rings. The molecule has 0 amide bonds. The van der Waals surface area contributed by atoms with Crippen LogP contribution in [0.1, 0.15) is 28.8 Å². The maximum atomic E-state index is 12.0. The molecule has 0 spiro atoms. The van der Waals surface area contributed by atoms with Crippen LogP contribution in [0.5, 0.6) is 0 Å². The molecule has 1 aromatic rings. The number of aryl methyl sites for hydroxylation is 1. The Balaban J connectivity index is 1.91. The van der Waals surface area contributed by atoms with E-state index in [-0.39, 0.29) is 5.78 Å². The lowest BCUT2D eigenvalue weighted by Gasteiger charge is -2.29. The van der Waals surface area contributed by atoms with E-state index in [4.69, 9.17) is 5.73 Å². The average molecular weight is 232 g/mol. The number of hydrogen-bond acceptors (Lipinski definition) is 3. The van der Waals surface area contributed by atoms with Crippen molar-refractivity contribution in [2.45, 2.75) is 25.8 Å². The van der Waals surface area contributed by atoms with E-state index in [1.165, 1.54) is 5.56 Å². The fourth-order valence-corrected chi connectivity index (χ4v) is 2.14. The quantitative estimate of drug-likeness (QED) is 0.805. The van der Waals surface area contributed by atoms with E-state index in [0.29, 0.717) is 12.6 Å². The number of nitrogens with zero attached hydrogens (tertiary/aromatic N) is 1. The van der Waals surface area contributed by atoms with Gasteiger partial charge in [-0.2, -0.15) is 0 Å². The molecule has 0 bridgehead atoms. The zero-order valence-electron chi connectivity index (χ0n) is 10.4. The van der Waals surface area contributed by atoms with Gasteiger partial charge in [0.2, 0.25) is 0 Å². The molecule has 1 fully saturated rings. The highest BCUT2D eigenvalue weighted by Gasteiger charge is 2.18. The van der Waals surface area contributed by atoms with Crippen molar-refractivity contribution < 1.29 is 4.79 Å². The van der Waals surface area contributed by atoms with Gasteiger partial charge in [-0.15, -0.1) is 0 Å². The van der Waals surface area contributed by atoms with Crippen molar-refractivity contribution in [3.63, 3.8) is 0 Å². The molecular weight excluding hydrogens is 212 g/mol. The summed E-state index contributed by atoms with van der Waals surface area (Å²) in [7, 11) is 0. The summed E-state index contributed by atoms with van der Waals surface area (Å²) in [5.41, 5.74) is 7.84. The predicted octanol–water partition coefficient (Wildman–Crippen LogP) is 1.60. The number of likely N-dealkylation sites (tertiary alicyclic amines) is 1. The summed E-state index contributed by atoms with van der Waals surface area (Å²) in [5.74, 6) is 0.209. The molecule has 1 heterocycles. The predicted molar refractivity (Wildman–Crippen MR) is 69.2 cm³/mol. The minimum absolute atomic E-state index is 0.209. The fraction of sp³-hybridized carbons (Fsp3) is 0.500. The molecule has 0 saturated carbocycles. The Bertz CT molecular complexity index is 378. The molecule has 2 rings (SSSR count). The number of carbonyl (C=O) groups excluding carboxylic acids is 1. The molecule has 1 saturated heterocycles. The second kappa shape index (κ2) is 5.43. The van der Waals surface area contributed by atoms with Gasteiger partial charge < -0.3 is 5.73 Å². The molecule has 3 heteroatoms. The van der Waals surface area contributed by atoms with Crippen molar-refractivity contribution in [3.05, 3.63) is 35.4 Å². The summed E-state index contributed by atoms with van der Waals surface area (Å²) >= 11 is 0. The van der Waals surface area contributed by atoms with Gasteiger partial charge in [-0.1, -0.05) is 29.8 Å². The number of Topliss-reactive ketones (excluding diaryl/α,β-unsaturated/α-hetero) is 1. The number of nitrogens with two attached hydrogens (primary N) is 1. The van der Waals surface area contributed by atoms with Gasteiger partial charge in [0, 0.05) is 24.7 Å². The Morgan fingerprint density at radius 3 is 2.47 bits per heavy atom. The highest BCUT2D eigenvalue weighted by molar-refractivity contribution is 5.97. The summed E-state index contributed by atoms with van der Waals surface area (Å²) in [5, 5.41) is 0. The van der Waals surface area contributed by atoms with E-state index in [1.807, 2.05) is 31.2 Å². The Morgan fingerprint density at radius 1 is 1.29 bits per heavy atom. The first-order chi connectivity index (χ1) is 8.15. The molecule has 2 N–H and O–H groups in total. The van der Waals surface area contributed by atoms with E-state index in [0.717, 1.165) is 31.5 Å². The summed E-state index contributed by atoms with van der Waals surface area (Å²) < 4.78 is 0. The molecular formula is C14H20N2O. The minimum atomic E-state index is 0.209. The summed E-state index contributed by atoms with van der Waals surface area (Å²) in [4.78, 5) is 14.2. The van der Waals surface area contributed by atoms with Crippen molar-refractivity contribution in [2.24, 2.45) is 5.73 Å². The Kier molecular flexibility index (Phi) is 3.92. The summed E-state index contributed by atoms with van der Waals surface area (Å²) in [6, 6.07) is 8.11. The lowest BCUT2D eigenvalue weighted by molar-refractivity contribution is 0.0910. The normalized spacial score (nSPS) is 18.2. The van der Waals surface area contributed by atoms with Crippen LogP contribution in [0, 0.1) is 6.92 Å². The van der Waals surface area contributed by atoms with Crippen LogP contribution in [0.2, 0.25) is 0 Å². The van der Waals surface area contributed by atoms with Crippen molar-refractivity contribution in [2.75, 3.05) is 19.6 Å². The van der Waals surface area contributed by atoms with Crippen molar-refractivity contribution >= 4 is 5.78 Å². The lowest BCUT2D eigenvalue weighted by atomic mass is 10.0. The van der Waals surface area contributed by atoms with Crippen molar-refractivity contribution in [1.29, 1.82) is 0 Å². The number of piperidine rings is 1. The molecule has 92 valence electrons. The SMILES string of the molecule is Cc1ccc(C(=O)CN2CCC(N)CC2)cc1. The van der Waals surface area contributed by atoms with E-state index in [1.54, 1.807) is 0 Å². The number of rotatable bonds is 3. The highest BCUT2D eigenvalue weighted by atomic mass is 16.1. The lowest BCUT2D eigenvalue weighted by Crippen LogP contribution is -2.41. The third-order valence-electron chi connectivity index (χ3n) is 3.37. The van der Waals surface area contributed by atoms with E-state index < -0.39 is 0 Å². The van der Waals surface area contributed by atoms with Gasteiger partial charge >= 0.3 is 0 Å². The number of carbonyl (C=O) groups is 1. The van der Waals surface area contributed by atoms with Crippen LogP contribution in [0.3, 0.4) is 0 Å². The Hall–Kier alpha value is -1.19. The number of ketones is 1. The highest BCUT2D eigenvalue weighted by Crippen LogP contribution is 2.10. The monoisotopic (exact) mass is 232 g/mol. The average Bonchev–Trinajstić information content (AvgIpc) is 2.33. The third-order valence-corrected chi connectivity index (χ3v) is 3.37. The maximum absolute atomic E-state index is 12.0. The molecule has 0 radical (unpaired) electrons. The standard InChI is InChI=1S/C14H20N2O/c1-11-2-4-12(5-3-11)14(17)10-16-8-6-13(15)7-9-16/h2-5,13H,6-10,15H2,1H3. The molecule has 0 atom stereocenters. The molecule has 0 aliphatic carbocycles. The zero-order chi connectivity index (χ0) is 12.3. The zero-order valence-corrected chi connectivity index (χ0v) is 10.4. The second-order valence-electron chi connectivity index (χ2n) is 4.90. The molecule has 3 nitrogen and oxygen atoms in total. The van der Waals surface area contributed by atoms with Crippen LogP contribution >= 0.6 is 0 Å². The van der Waals surface area contributed by atoms with Crippen LogP contribution in [0.25, 0.3) is 0 Å². The first-order valence-corrected chi connectivity index (χ1v) is 6.23. The Labute approximate surface area is 103 Å². The summed E-state index contributed by atoms with van der Waals surface area (Å²) in [6.45, 7) is 4.44. The van der Waals surface area contributed by atoms with Crippen LogP contribution < -0.4 is 5.73 Å². The molecule has 0 unspecified atom stereocenters. The second-order valence-corrected chi connectivity index (χ2v) is 4.90. The third kappa shape index (κ3) is 3.38. The Morgan fingerprint density at radius 2 is 1.88 bits per heavy atom. The maximum Gasteiger partial charge on any atom is 0.176 e. The number of benzene rings is 1. The molecule has 1 aromatic carbocycles. The van der Waals surface area contributed by atoms with Crippen molar-refractivity contribution in [1.82, 2.24) is 4.90 Å². The van der Waals surface area contributed by atoms with Gasteiger partial charge in [0.15, 0.2) is 5.78 Å². The largest absolute Gasteiger partial charge is 0.328 e. The van der Waals surface area contributed by atoms with Crippen molar-refractivity contribution in [3.8, 4) is 0 Å². The van der Waals surface area contributed by atoms with Gasteiger partial charge in [0.25, 0.3) is 0 Å². The van der Waals surface area contributed by atoms with Crippen LogP contribution in [-0.4, -0.2) is 36.4 Å². The van der Waals surface area contributed by atoms with E-state index in [2.05, 4.69) is 4.90 Å². The fourth-order valence-electron chi connectivity index (χ4n) is 2.14. The van der Waals surface area contributed by atoms with Gasteiger partial charge in [-0.3, -0.25) is 9.69 Å². The van der Waals surface area contributed by atoms with E-state index in [9.17, 15) is 4.79 Å². The first-order valence-electron chi connectivity index (χ1n) is 6.23. The smallest absolute Gasteiger partial charge is 0.176 e. The molecule has 17 heavy (non-hydrogen) atoms. The first kappa shape index (κ1) is 12.3. The van der Waals surface area contributed by atoms with Gasteiger partial charge in [-0.05, 0) is 19.8 Å². The molecule has 1 aliphatic heterocycles. The van der Waals surface area contributed by atoms with Gasteiger partial charge in [0.05, 0.1) is 6.54 Å². The molecule has 0 aromatic heterocycles. The minimum Gasteiger partial charge on any atom is -0.328 e. The van der Waals surface area contributed by atoms with Gasteiger partial charge in [0.1, 0.15) is 0 Å². The van der Waals surface area contributed by atoms with Crippen LogP contribution in [0.15, 0.2) is 24.3 Å². The van der Waals surface area contributed by atoms with E-state index >= 15 is 0 Å². The van der Waals surface area contributed by atoms with Gasteiger partial charge in [-0.25, -0.2) is 0 Å². The van der Waals surface area contributed by atoms with Crippen LogP contribution in [-0.2, 0) is 0 Å².